The number of thioether (sulfide) groups is 1. The maximum absolute atomic E-state index is 14.1. The summed E-state index contributed by atoms with van der Waals surface area (Å²) in [5.74, 6) is -0.0122. The summed E-state index contributed by atoms with van der Waals surface area (Å²) < 4.78 is 15.9. The third-order valence-corrected chi connectivity index (χ3v) is 6.65. The maximum Gasteiger partial charge on any atom is 0.254 e. The summed E-state index contributed by atoms with van der Waals surface area (Å²) in [5, 5.41) is 13.0. The van der Waals surface area contributed by atoms with Crippen molar-refractivity contribution in [2.24, 2.45) is 0 Å². The average Bonchev–Trinajstić information content (AvgIpc) is 3.22. The molecule has 4 rings (SSSR count). The number of rotatable bonds is 7. The molecule has 1 heterocycles. The van der Waals surface area contributed by atoms with Crippen molar-refractivity contribution in [3.63, 3.8) is 0 Å². The zero-order valence-corrected chi connectivity index (χ0v) is 20.8. The minimum absolute atomic E-state index is 0.0426. The van der Waals surface area contributed by atoms with Crippen LogP contribution in [0, 0.1) is 12.7 Å². The highest BCUT2D eigenvalue weighted by Gasteiger charge is 2.23. The van der Waals surface area contributed by atoms with Crippen LogP contribution in [0.4, 0.5) is 4.39 Å². The minimum Gasteiger partial charge on any atom is -0.342 e. The number of hydrogen-bond acceptors (Lipinski definition) is 4. The van der Waals surface area contributed by atoms with Gasteiger partial charge in [-0.05, 0) is 49.7 Å². The second kappa shape index (κ2) is 10.6. The van der Waals surface area contributed by atoms with Crippen LogP contribution in [0.25, 0.3) is 5.69 Å². The van der Waals surface area contributed by atoms with Gasteiger partial charge < -0.3 is 5.32 Å². The Morgan fingerprint density at radius 1 is 1.09 bits per heavy atom. The van der Waals surface area contributed by atoms with E-state index in [1.165, 1.54) is 35.5 Å². The van der Waals surface area contributed by atoms with Crippen molar-refractivity contribution in [3.05, 3.63) is 105 Å². The van der Waals surface area contributed by atoms with Gasteiger partial charge in [-0.1, -0.05) is 76.9 Å². The minimum atomic E-state index is -0.594. The molecule has 0 aliphatic heterocycles. The lowest BCUT2D eigenvalue weighted by molar-refractivity contribution is 0.0934. The second-order valence-electron chi connectivity index (χ2n) is 7.72. The smallest absolute Gasteiger partial charge is 0.254 e. The van der Waals surface area contributed by atoms with Crippen LogP contribution < -0.4 is 5.32 Å². The molecule has 0 spiro atoms. The first-order valence-electron chi connectivity index (χ1n) is 10.5. The zero-order valence-electron chi connectivity index (χ0n) is 18.4. The van der Waals surface area contributed by atoms with E-state index in [4.69, 9.17) is 23.2 Å². The molecule has 1 N–H and O–H groups in total. The predicted molar refractivity (Wildman–Crippen MR) is 134 cm³/mol. The number of hydrogen-bond donors (Lipinski definition) is 1. The summed E-state index contributed by atoms with van der Waals surface area (Å²) in [7, 11) is 0. The normalized spacial score (nSPS) is 11.9. The topological polar surface area (TPSA) is 59.8 Å². The van der Waals surface area contributed by atoms with Crippen LogP contribution in [0.1, 0.15) is 40.3 Å². The van der Waals surface area contributed by atoms with Crippen molar-refractivity contribution >= 4 is 40.9 Å². The Balaban J connectivity index is 1.67. The Morgan fingerprint density at radius 2 is 1.88 bits per heavy atom. The molecule has 0 saturated carbocycles. The van der Waals surface area contributed by atoms with Gasteiger partial charge in [0.2, 0.25) is 0 Å². The van der Waals surface area contributed by atoms with Gasteiger partial charge in [0.05, 0.1) is 22.3 Å². The Bertz CT molecular complexity index is 1340. The standard InChI is InChI=1S/C25H21Cl2FN4OS/c1-15-6-5-7-17(12-15)14-34-25-31-30-23(32(25)22-11-10-18(26)13-20(22)27)16(2)29-24(33)19-8-3-4-9-21(19)28/h3-13,16H,14H2,1-2H3,(H,29,33). The van der Waals surface area contributed by atoms with Gasteiger partial charge in [-0.15, -0.1) is 10.2 Å². The SMILES string of the molecule is Cc1cccc(CSc2nnc(C(C)NC(=O)c3ccccc3F)n2-c2ccc(Cl)cc2Cl)c1. The number of nitrogens with zero attached hydrogens (tertiary/aromatic N) is 3. The molecule has 1 aromatic heterocycles. The highest BCUT2D eigenvalue weighted by molar-refractivity contribution is 7.98. The summed E-state index contributed by atoms with van der Waals surface area (Å²) in [5.41, 5.74) is 2.90. The van der Waals surface area contributed by atoms with Gasteiger partial charge in [0.25, 0.3) is 5.91 Å². The third-order valence-electron chi connectivity index (χ3n) is 5.11. The second-order valence-corrected chi connectivity index (χ2v) is 9.51. The highest BCUT2D eigenvalue weighted by Crippen LogP contribution is 2.32. The van der Waals surface area contributed by atoms with E-state index in [-0.39, 0.29) is 5.56 Å². The Morgan fingerprint density at radius 3 is 2.62 bits per heavy atom. The zero-order chi connectivity index (χ0) is 24.2. The van der Waals surface area contributed by atoms with Crippen molar-refractivity contribution in [3.8, 4) is 5.69 Å². The van der Waals surface area contributed by atoms with Gasteiger partial charge in [0, 0.05) is 10.8 Å². The fraction of sp³-hybridized carbons (Fsp3) is 0.160. The number of benzene rings is 3. The Labute approximate surface area is 211 Å². The first-order valence-corrected chi connectivity index (χ1v) is 12.2. The van der Waals surface area contributed by atoms with Crippen molar-refractivity contribution in [2.45, 2.75) is 30.8 Å². The van der Waals surface area contributed by atoms with E-state index in [1.54, 1.807) is 35.8 Å². The molecule has 0 aliphatic carbocycles. The number of carbonyl (C=O) groups is 1. The monoisotopic (exact) mass is 514 g/mol. The molecule has 0 bridgehead atoms. The van der Waals surface area contributed by atoms with Crippen molar-refractivity contribution < 1.29 is 9.18 Å². The lowest BCUT2D eigenvalue weighted by Gasteiger charge is -2.17. The number of amides is 1. The van der Waals surface area contributed by atoms with Gasteiger partial charge in [0.15, 0.2) is 11.0 Å². The predicted octanol–water partition coefficient (Wildman–Crippen LogP) is 6.80. The average molecular weight is 515 g/mol. The van der Waals surface area contributed by atoms with Crippen molar-refractivity contribution in [2.75, 3.05) is 0 Å². The van der Waals surface area contributed by atoms with Crippen molar-refractivity contribution in [1.29, 1.82) is 0 Å². The van der Waals surface area contributed by atoms with Gasteiger partial charge in [-0.3, -0.25) is 9.36 Å². The van der Waals surface area contributed by atoms with E-state index in [0.717, 1.165) is 5.56 Å². The van der Waals surface area contributed by atoms with Crippen LogP contribution >= 0.6 is 35.0 Å². The Kier molecular flexibility index (Phi) is 7.56. The molecule has 9 heteroatoms. The lowest BCUT2D eigenvalue weighted by atomic mass is 10.2. The van der Waals surface area contributed by atoms with E-state index in [1.807, 2.05) is 25.1 Å². The Hall–Kier alpha value is -2.87. The van der Waals surface area contributed by atoms with Crippen LogP contribution in [0.15, 0.2) is 71.9 Å². The summed E-state index contributed by atoms with van der Waals surface area (Å²) in [6.45, 7) is 3.81. The molecule has 0 aliphatic rings. The summed E-state index contributed by atoms with van der Waals surface area (Å²) in [6, 6.07) is 18.6. The highest BCUT2D eigenvalue weighted by atomic mass is 35.5. The lowest BCUT2D eigenvalue weighted by Crippen LogP contribution is -2.29. The van der Waals surface area contributed by atoms with E-state index in [2.05, 4.69) is 21.6 Å². The van der Waals surface area contributed by atoms with E-state index in [0.29, 0.717) is 32.5 Å². The van der Waals surface area contributed by atoms with Crippen LogP contribution in [-0.2, 0) is 5.75 Å². The molecule has 0 saturated heterocycles. The molecule has 3 aromatic carbocycles. The quantitative estimate of drug-likeness (QED) is 0.275. The van der Waals surface area contributed by atoms with Gasteiger partial charge in [-0.2, -0.15) is 0 Å². The molecular formula is C25H21Cl2FN4OS. The molecule has 1 amide bonds. The van der Waals surface area contributed by atoms with Gasteiger partial charge in [-0.25, -0.2) is 4.39 Å². The van der Waals surface area contributed by atoms with Gasteiger partial charge >= 0.3 is 0 Å². The largest absolute Gasteiger partial charge is 0.342 e. The van der Waals surface area contributed by atoms with Crippen LogP contribution in [0.2, 0.25) is 10.0 Å². The number of halogens is 3. The van der Waals surface area contributed by atoms with Gasteiger partial charge in [0.1, 0.15) is 5.82 Å². The summed E-state index contributed by atoms with van der Waals surface area (Å²) in [4.78, 5) is 12.7. The molecule has 174 valence electrons. The molecule has 1 atom stereocenters. The first-order chi connectivity index (χ1) is 16.3. The molecule has 34 heavy (non-hydrogen) atoms. The fourth-order valence-electron chi connectivity index (χ4n) is 3.48. The number of carbonyl (C=O) groups excluding carboxylic acids is 1. The van der Waals surface area contributed by atoms with Crippen LogP contribution in [0.3, 0.4) is 0 Å². The van der Waals surface area contributed by atoms with E-state index < -0.39 is 17.8 Å². The molecule has 0 fully saturated rings. The number of aryl methyl sites for hydroxylation is 1. The van der Waals surface area contributed by atoms with Crippen LogP contribution in [0.5, 0.6) is 0 Å². The summed E-state index contributed by atoms with van der Waals surface area (Å²) >= 11 is 14.1. The first kappa shape index (κ1) is 24.3. The number of nitrogens with one attached hydrogen (secondary N) is 1. The van der Waals surface area contributed by atoms with E-state index >= 15 is 0 Å². The summed E-state index contributed by atoms with van der Waals surface area (Å²) in [6.07, 6.45) is 0. The molecule has 5 nitrogen and oxygen atoms in total. The molecular weight excluding hydrogens is 494 g/mol. The molecule has 4 aromatic rings. The molecule has 1 unspecified atom stereocenters. The third kappa shape index (κ3) is 5.43. The van der Waals surface area contributed by atoms with Crippen molar-refractivity contribution in [1.82, 2.24) is 20.1 Å². The number of aromatic nitrogens is 3. The fourth-order valence-corrected chi connectivity index (χ4v) is 4.87. The maximum atomic E-state index is 14.1. The molecule has 0 radical (unpaired) electrons. The van der Waals surface area contributed by atoms with Crippen LogP contribution in [-0.4, -0.2) is 20.7 Å². The van der Waals surface area contributed by atoms with E-state index in [9.17, 15) is 9.18 Å².